The Hall–Kier alpha value is -1.09. The molecule has 0 saturated heterocycles. The molecule has 7 heteroatoms. The standard InChI is InChI=1S/C8H9IN2O4/c9-7-6(13)2-1-5(10-3-4-12)8(7)11(14)15/h1-2,10,12-13H,3-4H2. The molecule has 0 aromatic heterocycles. The minimum Gasteiger partial charge on any atom is -0.507 e. The SMILES string of the molecule is O=[N+]([O-])c1c(NCCO)ccc(O)c1I. The number of aromatic hydroxyl groups is 1. The Bertz CT molecular complexity index is 383. The van der Waals surface area contributed by atoms with Gasteiger partial charge < -0.3 is 15.5 Å². The molecule has 82 valence electrons. The number of phenols is 1. The lowest BCUT2D eigenvalue weighted by Crippen LogP contribution is -2.08. The third-order valence-corrected chi connectivity index (χ3v) is 2.77. The first kappa shape index (κ1) is 12.0. The molecule has 0 bridgehead atoms. The fourth-order valence-corrected chi connectivity index (χ4v) is 1.73. The number of phenolic OH excluding ortho intramolecular Hbond substituents is 1. The lowest BCUT2D eigenvalue weighted by atomic mass is 10.2. The number of hydrogen-bond acceptors (Lipinski definition) is 5. The van der Waals surface area contributed by atoms with Gasteiger partial charge in [0.05, 0.1) is 11.5 Å². The zero-order valence-corrected chi connectivity index (χ0v) is 9.76. The van der Waals surface area contributed by atoms with Crippen LogP contribution in [0.15, 0.2) is 12.1 Å². The Morgan fingerprint density at radius 1 is 1.53 bits per heavy atom. The summed E-state index contributed by atoms with van der Waals surface area (Å²) < 4.78 is 0.181. The van der Waals surface area contributed by atoms with Crippen molar-refractivity contribution >= 4 is 34.0 Å². The van der Waals surface area contributed by atoms with Crippen molar-refractivity contribution in [2.45, 2.75) is 0 Å². The first-order valence-electron chi connectivity index (χ1n) is 4.08. The smallest absolute Gasteiger partial charge is 0.309 e. The molecule has 0 saturated carbocycles. The fraction of sp³-hybridized carbons (Fsp3) is 0.250. The number of hydrogen-bond donors (Lipinski definition) is 3. The van der Waals surface area contributed by atoms with Crippen LogP contribution in [-0.2, 0) is 0 Å². The molecule has 0 amide bonds. The van der Waals surface area contributed by atoms with Crippen molar-refractivity contribution in [2.24, 2.45) is 0 Å². The third kappa shape index (κ3) is 2.69. The lowest BCUT2D eigenvalue weighted by molar-refractivity contribution is -0.385. The molecule has 0 aliphatic carbocycles. The number of aliphatic hydroxyl groups excluding tert-OH is 1. The van der Waals surface area contributed by atoms with Crippen molar-refractivity contribution in [1.82, 2.24) is 0 Å². The number of nitro groups is 1. The molecule has 0 radical (unpaired) electrons. The maximum atomic E-state index is 10.7. The van der Waals surface area contributed by atoms with Gasteiger partial charge in [-0.3, -0.25) is 10.1 Å². The van der Waals surface area contributed by atoms with Gasteiger partial charge in [0.25, 0.3) is 0 Å². The molecule has 15 heavy (non-hydrogen) atoms. The Balaban J connectivity index is 3.15. The van der Waals surface area contributed by atoms with Gasteiger partial charge in [-0.05, 0) is 34.7 Å². The molecule has 0 aliphatic heterocycles. The van der Waals surface area contributed by atoms with Gasteiger partial charge in [0, 0.05) is 6.54 Å². The van der Waals surface area contributed by atoms with Crippen molar-refractivity contribution in [3.8, 4) is 5.75 Å². The highest BCUT2D eigenvalue weighted by atomic mass is 127. The number of nitrogens with one attached hydrogen (secondary N) is 1. The summed E-state index contributed by atoms with van der Waals surface area (Å²) in [5.74, 6) is -0.128. The van der Waals surface area contributed by atoms with Crippen LogP contribution in [0.1, 0.15) is 0 Å². The number of halogens is 1. The minimum absolute atomic E-state index is 0.116. The van der Waals surface area contributed by atoms with Crippen LogP contribution in [0.25, 0.3) is 0 Å². The summed E-state index contributed by atoms with van der Waals surface area (Å²) in [7, 11) is 0. The monoisotopic (exact) mass is 324 g/mol. The molecule has 0 fully saturated rings. The van der Waals surface area contributed by atoms with E-state index in [1.54, 1.807) is 22.6 Å². The topological polar surface area (TPSA) is 95.6 Å². The molecule has 0 heterocycles. The quantitative estimate of drug-likeness (QED) is 0.336. The van der Waals surface area contributed by atoms with Gasteiger partial charge in [0.1, 0.15) is 15.0 Å². The van der Waals surface area contributed by atoms with E-state index < -0.39 is 4.92 Å². The van der Waals surface area contributed by atoms with E-state index in [9.17, 15) is 15.2 Å². The molecule has 1 rings (SSSR count). The average Bonchev–Trinajstić information content (AvgIpc) is 2.19. The second-order valence-corrected chi connectivity index (χ2v) is 3.78. The van der Waals surface area contributed by atoms with E-state index in [1.807, 2.05) is 0 Å². The molecule has 1 aromatic rings. The van der Waals surface area contributed by atoms with Crippen molar-refractivity contribution in [3.05, 3.63) is 25.8 Å². The van der Waals surface area contributed by atoms with Crippen molar-refractivity contribution in [3.63, 3.8) is 0 Å². The normalized spacial score (nSPS) is 10.0. The van der Waals surface area contributed by atoms with Gasteiger partial charge in [0.2, 0.25) is 0 Å². The largest absolute Gasteiger partial charge is 0.507 e. The van der Waals surface area contributed by atoms with Crippen LogP contribution in [0.5, 0.6) is 5.75 Å². The Kier molecular flexibility index (Phi) is 4.09. The summed E-state index contributed by atoms with van der Waals surface area (Å²) in [5.41, 5.74) is 0.111. The van der Waals surface area contributed by atoms with Crippen LogP contribution < -0.4 is 5.32 Å². The zero-order chi connectivity index (χ0) is 11.4. The van der Waals surface area contributed by atoms with Crippen molar-refractivity contribution in [1.29, 1.82) is 0 Å². The molecule has 1 aromatic carbocycles. The van der Waals surface area contributed by atoms with E-state index in [2.05, 4.69) is 5.32 Å². The maximum Gasteiger partial charge on any atom is 0.309 e. The number of rotatable bonds is 4. The Labute approximate surface area is 99.2 Å². The first-order chi connectivity index (χ1) is 7.07. The van der Waals surface area contributed by atoms with E-state index in [1.165, 1.54) is 12.1 Å². The number of aliphatic hydroxyl groups is 1. The highest BCUT2D eigenvalue weighted by Crippen LogP contribution is 2.35. The van der Waals surface area contributed by atoms with E-state index in [4.69, 9.17) is 5.11 Å². The van der Waals surface area contributed by atoms with Gasteiger partial charge in [-0.25, -0.2) is 0 Å². The number of nitrogens with zero attached hydrogens (tertiary/aromatic N) is 1. The highest BCUT2D eigenvalue weighted by molar-refractivity contribution is 14.1. The van der Waals surface area contributed by atoms with Gasteiger partial charge in [-0.1, -0.05) is 0 Å². The summed E-state index contributed by atoms with van der Waals surface area (Å²) in [4.78, 5) is 10.2. The van der Waals surface area contributed by atoms with E-state index in [0.29, 0.717) is 0 Å². The molecule has 3 N–H and O–H groups in total. The van der Waals surface area contributed by atoms with Crippen LogP contribution in [0, 0.1) is 13.7 Å². The second-order valence-electron chi connectivity index (χ2n) is 2.70. The Morgan fingerprint density at radius 3 is 2.73 bits per heavy atom. The van der Waals surface area contributed by atoms with E-state index in [-0.39, 0.29) is 33.8 Å². The molecular weight excluding hydrogens is 315 g/mol. The molecule has 0 unspecified atom stereocenters. The van der Waals surface area contributed by atoms with Crippen LogP contribution in [0.4, 0.5) is 11.4 Å². The molecule has 0 spiro atoms. The minimum atomic E-state index is -0.568. The Morgan fingerprint density at radius 2 is 2.20 bits per heavy atom. The molecule has 0 aliphatic rings. The third-order valence-electron chi connectivity index (χ3n) is 1.71. The summed E-state index contributed by atoms with van der Waals surface area (Å²) in [5, 5.41) is 31.4. The highest BCUT2D eigenvalue weighted by Gasteiger charge is 2.20. The summed E-state index contributed by atoms with van der Waals surface area (Å²) in [6.07, 6.45) is 0. The van der Waals surface area contributed by atoms with E-state index in [0.717, 1.165) is 0 Å². The molecule has 0 atom stereocenters. The number of anilines is 1. The first-order valence-corrected chi connectivity index (χ1v) is 5.16. The zero-order valence-electron chi connectivity index (χ0n) is 7.61. The van der Waals surface area contributed by atoms with Crippen LogP contribution in [0.2, 0.25) is 0 Å². The summed E-state index contributed by atoms with van der Waals surface area (Å²) >= 11 is 1.70. The van der Waals surface area contributed by atoms with Crippen molar-refractivity contribution in [2.75, 3.05) is 18.5 Å². The average molecular weight is 324 g/mol. The molecule has 6 nitrogen and oxygen atoms in total. The number of nitro benzene ring substituents is 1. The van der Waals surface area contributed by atoms with Gasteiger partial charge in [0.15, 0.2) is 0 Å². The predicted molar refractivity (Wildman–Crippen MR) is 63.1 cm³/mol. The predicted octanol–water partition coefficient (Wildman–Crippen LogP) is 1.31. The van der Waals surface area contributed by atoms with Crippen molar-refractivity contribution < 1.29 is 15.1 Å². The molecular formula is C8H9IN2O4. The van der Waals surface area contributed by atoms with E-state index >= 15 is 0 Å². The van der Waals surface area contributed by atoms with Crippen LogP contribution in [-0.4, -0.2) is 28.3 Å². The maximum absolute atomic E-state index is 10.7. The summed E-state index contributed by atoms with van der Waals surface area (Å²) in [6.45, 7) is 0.107. The van der Waals surface area contributed by atoms with Gasteiger partial charge in [-0.15, -0.1) is 0 Å². The fourth-order valence-electron chi connectivity index (χ4n) is 1.07. The van der Waals surface area contributed by atoms with Crippen LogP contribution in [0.3, 0.4) is 0 Å². The van der Waals surface area contributed by atoms with Gasteiger partial charge in [-0.2, -0.15) is 0 Å². The number of benzene rings is 1. The summed E-state index contributed by atoms with van der Waals surface area (Å²) in [6, 6.07) is 2.78. The lowest BCUT2D eigenvalue weighted by Gasteiger charge is -2.07. The van der Waals surface area contributed by atoms with Crippen LogP contribution >= 0.6 is 22.6 Å². The second kappa shape index (κ2) is 5.12. The van der Waals surface area contributed by atoms with Gasteiger partial charge >= 0.3 is 5.69 Å².